The summed E-state index contributed by atoms with van der Waals surface area (Å²) in [7, 11) is -3.27. The molecular weight excluding hydrogens is 735 g/mol. The Labute approximate surface area is 338 Å². The van der Waals surface area contributed by atoms with E-state index in [0.29, 0.717) is 63.0 Å². The lowest BCUT2D eigenvalue weighted by atomic mass is 10.0. The van der Waals surface area contributed by atoms with Gasteiger partial charge < -0.3 is 19.6 Å². The van der Waals surface area contributed by atoms with E-state index in [9.17, 15) is 22.8 Å². The predicted octanol–water partition coefficient (Wildman–Crippen LogP) is 5.88. The van der Waals surface area contributed by atoms with E-state index in [2.05, 4.69) is 47.9 Å². The Morgan fingerprint density at radius 2 is 1.30 bits per heavy atom. The molecule has 0 aliphatic carbocycles. The van der Waals surface area contributed by atoms with Crippen molar-refractivity contribution in [1.29, 1.82) is 0 Å². The van der Waals surface area contributed by atoms with Crippen molar-refractivity contribution in [2.75, 3.05) is 63.5 Å². The van der Waals surface area contributed by atoms with E-state index >= 15 is 0 Å². The maximum absolute atomic E-state index is 14.7. The van der Waals surface area contributed by atoms with E-state index in [1.54, 1.807) is 30.0 Å². The van der Waals surface area contributed by atoms with Gasteiger partial charge in [-0.15, -0.1) is 0 Å². The second-order valence-electron chi connectivity index (χ2n) is 15.5. The minimum atomic E-state index is -3.27. The molecule has 6 rings (SSSR count). The number of hydrogen-bond acceptors (Lipinski definition) is 7. The van der Waals surface area contributed by atoms with Crippen LogP contribution in [0.5, 0.6) is 0 Å². The summed E-state index contributed by atoms with van der Waals surface area (Å²) < 4.78 is 23.9. The highest BCUT2D eigenvalue weighted by Gasteiger charge is 2.34. The van der Waals surface area contributed by atoms with Crippen LogP contribution in [0.4, 0.5) is 5.69 Å². The van der Waals surface area contributed by atoms with Crippen molar-refractivity contribution in [1.82, 2.24) is 19.6 Å². The predicted molar refractivity (Wildman–Crippen MR) is 226 cm³/mol. The summed E-state index contributed by atoms with van der Waals surface area (Å²) >= 11 is 0. The van der Waals surface area contributed by atoms with Crippen LogP contribution in [0, 0.1) is 0 Å². The third-order valence-electron chi connectivity index (χ3n) is 11.1. The molecule has 2 fully saturated rings. The first-order valence-electron chi connectivity index (χ1n) is 19.9. The van der Waals surface area contributed by atoms with Gasteiger partial charge >= 0.3 is 0 Å². The molecule has 57 heavy (non-hydrogen) atoms. The minimum Gasteiger partial charge on any atom is -0.368 e. The standard InChI is InChI=1S/C46H55N5O5S/c1-35(2)41-17-10-37(11-18-41)16-23-45(53)51(34-40-12-19-42(20-13-40)49-30-28-48(29-31-49)36(3)52)44(32-38-8-6-5-7-9-38)46(54)50-26-24-47(25-27-50)33-39-14-21-43(22-15-39)57(4,55)56/h5-23,35,44H,24-34H2,1-4H3. The maximum Gasteiger partial charge on any atom is 0.247 e. The molecule has 0 spiro atoms. The first kappa shape index (κ1) is 41.4. The number of nitrogens with zero attached hydrogens (tertiary/aromatic N) is 5. The number of benzene rings is 4. The van der Waals surface area contributed by atoms with Crippen molar-refractivity contribution < 1.29 is 22.8 Å². The summed E-state index contributed by atoms with van der Waals surface area (Å²) in [5, 5.41) is 0. The zero-order chi connectivity index (χ0) is 40.5. The maximum atomic E-state index is 14.7. The van der Waals surface area contributed by atoms with Crippen LogP contribution < -0.4 is 4.90 Å². The van der Waals surface area contributed by atoms with Crippen molar-refractivity contribution in [2.24, 2.45) is 0 Å². The lowest BCUT2D eigenvalue weighted by molar-refractivity contribution is -0.145. The number of hydrogen-bond donors (Lipinski definition) is 0. The molecule has 1 atom stereocenters. The Bertz CT molecular complexity index is 2100. The van der Waals surface area contributed by atoms with Crippen LogP contribution in [0.2, 0.25) is 0 Å². The number of amides is 3. The van der Waals surface area contributed by atoms with Gasteiger partial charge in [0.05, 0.1) is 4.90 Å². The molecule has 4 aromatic rings. The third kappa shape index (κ3) is 11.2. The molecule has 2 aliphatic heterocycles. The summed E-state index contributed by atoms with van der Waals surface area (Å²) in [6.07, 6.45) is 4.99. The molecule has 2 aliphatic rings. The minimum absolute atomic E-state index is 0.0843. The number of piperazine rings is 2. The van der Waals surface area contributed by atoms with Gasteiger partial charge in [-0.2, -0.15) is 0 Å². The molecule has 10 nitrogen and oxygen atoms in total. The monoisotopic (exact) mass is 789 g/mol. The molecule has 0 bridgehead atoms. The Hall–Kier alpha value is -5.26. The van der Waals surface area contributed by atoms with Crippen LogP contribution in [-0.4, -0.2) is 110 Å². The van der Waals surface area contributed by atoms with Crippen LogP contribution in [0.25, 0.3) is 6.08 Å². The van der Waals surface area contributed by atoms with Gasteiger partial charge in [0.15, 0.2) is 9.84 Å². The van der Waals surface area contributed by atoms with Crippen molar-refractivity contribution in [3.8, 4) is 0 Å². The Balaban J connectivity index is 1.23. The summed E-state index contributed by atoms with van der Waals surface area (Å²) in [5.41, 5.74) is 6.10. The van der Waals surface area contributed by atoms with Gasteiger partial charge in [-0.3, -0.25) is 19.3 Å². The lowest BCUT2D eigenvalue weighted by Crippen LogP contribution is -2.56. The largest absolute Gasteiger partial charge is 0.368 e. The fourth-order valence-electron chi connectivity index (χ4n) is 7.49. The third-order valence-corrected chi connectivity index (χ3v) is 12.2. The fraction of sp³-hybridized carbons (Fsp3) is 0.370. The van der Waals surface area contributed by atoms with E-state index in [0.717, 1.165) is 41.0 Å². The average molecular weight is 790 g/mol. The van der Waals surface area contributed by atoms with Crippen LogP contribution >= 0.6 is 0 Å². The van der Waals surface area contributed by atoms with E-state index in [4.69, 9.17) is 0 Å². The molecule has 2 heterocycles. The summed E-state index contributed by atoms with van der Waals surface area (Å²) in [6, 6.07) is 32.5. The van der Waals surface area contributed by atoms with Gasteiger partial charge in [0.2, 0.25) is 17.7 Å². The first-order valence-corrected chi connectivity index (χ1v) is 21.8. The Morgan fingerprint density at radius 1 is 0.702 bits per heavy atom. The molecule has 1 unspecified atom stereocenters. The average Bonchev–Trinajstić information content (AvgIpc) is 3.22. The van der Waals surface area contributed by atoms with E-state index in [-0.39, 0.29) is 24.3 Å². The summed E-state index contributed by atoms with van der Waals surface area (Å²) in [4.78, 5) is 51.4. The molecule has 0 N–H and O–H groups in total. The highest BCUT2D eigenvalue weighted by atomic mass is 32.2. The van der Waals surface area contributed by atoms with Gasteiger partial charge in [0.25, 0.3) is 0 Å². The SMILES string of the molecule is CC(=O)N1CCN(c2ccc(CN(C(=O)C=Cc3ccc(C(C)C)cc3)C(Cc3ccccc3)C(=O)N3CCN(Cc4ccc(S(C)(=O)=O)cc4)CC3)cc2)CC1. The van der Waals surface area contributed by atoms with E-state index in [1.165, 1.54) is 11.8 Å². The van der Waals surface area contributed by atoms with Crippen LogP contribution in [0.15, 0.2) is 114 Å². The van der Waals surface area contributed by atoms with Gasteiger partial charge in [-0.25, -0.2) is 8.42 Å². The van der Waals surface area contributed by atoms with Gasteiger partial charge in [-0.1, -0.05) is 92.7 Å². The van der Waals surface area contributed by atoms with Crippen LogP contribution in [0.1, 0.15) is 54.5 Å². The van der Waals surface area contributed by atoms with Crippen molar-refractivity contribution in [2.45, 2.75) is 57.1 Å². The molecule has 11 heteroatoms. The number of sulfone groups is 1. The first-order chi connectivity index (χ1) is 27.3. The van der Waals surface area contributed by atoms with E-state index < -0.39 is 15.9 Å². The quantitative estimate of drug-likeness (QED) is 0.156. The molecule has 0 radical (unpaired) electrons. The normalized spacial score (nSPS) is 15.9. The molecule has 4 aromatic carbocycles. The number of carbonyl (C=O) groups is 3. The fourth-order valence-corrected chi connectivity index (χ4v) is 8.12. The second kappa shape index (κ2) is 18.8. The number of carbonyl (C=O) groups excluding carboxylic acids is 3. The van der Waals surface area contributed by atoms with Crippen molar-refractivity contribution in [3.05, 3.63) is 137 Å². The number of anilines is 1. The molecular formula is C46H55N5O5S. The smallest absolute Gasteiger partial charge is 0.247 e. The topological polar surface area (TPSA) is 102 Å². The van der Waals surface area contributed by atoms with E-state index in [1.807, 2.05) is 82.6 Å². The zero-order valence-corrected chi connectivity index (χ0v) is 34.4. The number of rotatable bonds is 13. The summed E-state index contributed by atoms with van der Waals surface area (Å²) in [5.74, 6) is 0.172. The second-order valence-corrected chi connectivity index (χ2v) is 17.5. The zero-order valence-electron chi connectivity index (χ0n) is 33.6. The highest BCUT2D eigenvalue weighted by Crippen LogP contribution is 2.23. The van der Waals surface area contributed by atoms with Crippen molar-refractivity contribution >= 4 is 39.3 Å². The van der Waals surface area contributed by atoms with Gasteiger partial charge in [-0.05, 0) is 64.1 Å². The molecule has 3 amide bonds. The summed E-state index contributed by atoms with van der Waals surface area (Å²) in [6.45, 7) is 12.0. The Kier molecular flexibility index (Phi) is 13.6. The molecule has 300 valence electrons. The van der Waals surface area contributed by atoms with Gasteiger partial charge in [0.1, 0.15) is 6.04 Å². The van der Waals surface area contributed by atoms with Crippen molar-refractivity contribution in [3.63, 3.8) is 0 Å². The Morgan fingerprint density at radius 3 is 1.88 bits per heavy atom. The van der Waals surface area contributed by atoms with Crippen LogP contribution in [0.3, 0.4) is 0 Å². The molecule has 2 saturated heterocycles. The molecule has 0 aromatic heterocycles. The van der Waals surface area contributed by atoms with Crippen LogP contribution in [-0.2, 0) is 43.7 Å². The lowest BCUT2D eigenvalue weighted by Gasteiger charge is -2.39. The highest BCUT2D eigenvalue weighted by molar-refractivity contribution is 7.90. The molecule has 0 saturated carbocycles. The van der Waals surface area contributed by atoms with Gasteiger partial charge in [0, 0.05) is 96.8 Å².